The zero-order valence-corrected chi connectivity index (χ0v) is 16.2. The number of benzene rings is 1. The van der Waals surface area contributed by atoms with Crippen LogP contribution in [0.3, 0.4) is 0 Å². The Morgan fingerprint density at radius 2 is 1.70 bits per heavy atom. The summed E-state index contributed by atoms with van der Waals surface area (Å²) in [7, 11) is 0. The summed E-state index contributed by atoms with van der Waals surface area (Å²) in [5, 5.41) is 7.57. The van der Waals surface area contributed by atoms with Crippen molar-refractivity contribution in [2.75, 3.05) is 5.73 Å². The molecule has 166 valence electrons. The number of hydrogen-bond acceptors (Lipinski definition) is 7. The highest BCUT2D eigenvalue weighted by Crippen LogP contribution is 2.35. The van der Waals surface area contributed by atoms with Gasteiger partial charge < -0.3 is 10.3 Å². The number of halogens is 5. The van der Waals surface area contributed by atoms with Crippen LogP contribution in [-0.4, -0.2) is 29.7 Å². The van der Waals surface area contributed by atoms with Gasteiger partial charge >= 0.3 is 6.18 Å². The van der Waals surface area contributed by atoms with Crippen molar-refractivity contribution in [3.63, 3.8) is 0 Å². The largest absolute Gasteiger partial charge is 0.433 e. The summed E-state index contributed by atoms with van der Waals surface area (Å²) in [5.41, 5.74) is 4.25. The minimum absolute atomic E-state index is 0.00656. The number of nitrogens with two attached hydrogens (primary N) is 1. The smallest absolute Gasteiger partial charge is 0.384 e. The van der Waals surface area contributed by atoms with Crippen LogP contribution in [0.2, 0.25) is 0 Å². The number of alkyl halides is 3. The average Bonchev–Trinajstić information content (AvgIpc) is 3.42. The Hall–Kier alpha value is -4.42. The van der Waals surface area contributed by atoms with Crippen molar-refractivity contribution in [3.05, 3.63) is 66.1 Å². The Bertz CT molecular complexity index is 1490. The highest BCUT2D eigenvalue weighted by molar-refractivity contribution is 5.75. The van der Waals surface area contributed by atoms with Crippen LogP contribution in [0.5, 0.6) is 0 Å². The molecular weight excluding hydrogens is 449 g/mol. The van der Waals surface area contributed by atoms with E-state index in [0.717, 1.165) is 24.4 Å². The molecule has 33 heavy (non-hydrogen) atoms. The lowest BCUT2D eigenvalue weighted by atomic mass is 10.1. The molecule has 0 fully saturated rings. The van der Waals surface area contributed by atoms with E-state index in [4.69, 9.17) is 10.3 Å². The molecule has 0 aliphatic rings. The first-order valence-electron chi connectivity index (χ1n) is 9.18. The van der Waals surface area contributed by atoms with E-state index in [1.807, 2.05) is 0 Å². The average molecular weight is 459 g/mol. The van der Waals surface area contributed by atoms with Crippen LogP contribution in [0.1, 0.15) is 5.69 Å². The molecule has 0 radical (unpaired) electrons. The summed E-state index contributed by atoms with van der Waals surface area (Å²) >= 11 is 0. The fourth-order valence-electron chi connectivity index (χ4n) is 3.11. The summed E-state index contributed by atoms with van der Waals surface area (Å²) in [6, 6.07) is 6.47. The number of fused-ring (bicyclic) bond motifs is 1. The zero-order valence-electron chi connectivity index (χ0n) is 16.2. The Kier molecular flexibility index (Phi) is 4.55. The summed E-state index contributed by atoms with van der Waals surface area (Å²) < 4.78 is 74.0. The van der Waals surface area contributed by atoms with Crippen molar-refractivity contribution in [2.45, 2.75) is 6.18 Å². The molecule has 0 aliphatic heterocycles. The van der Waals surface area contributed by atoms with Gasteiger partial charge in [0.25, 0.3) is 5.89 Å². The van der Waals surface area contributed by atoms with Gasteiger partial charge in [-0.15, -0.1) is 0 Å². The molecule has 0 amide bonds. The minimum atomic E-state index is -4.83. The molecule has 0 aliphatic carbocycles. The van der Waals surface area contributed by atoms with Gasteiger partial charge in [0.15, 0.2) is 23.0 Å². The first kappa shape index (κ1) is 20.5. The van der Waals surface area contributed by atoms with E-state index in [1.54, 1.807) is 6.07 Å². The van der Waals surface area contributed by atoms with Crippen molar-refractivity contribution >= 4 is 11.5 Å². The van der Waals surface area contributed by atoms with E-state index >= 15 is 0 Å². The second-order valence-corrected chi connectivity index (χ2v) is 6.84. The molecule has 0 bridgehead atoms. The first-order valence-corrected chi connectivity index (χ1v) is 9.18. The number of aromatic nitrogens is 6. The lowest BCUT2D eigenvalue weighted by molar-refractivity contribution is -0.142. The molecule has 0 saturated carbocycles. The van der Waals surface area contributed by atoms with Crippen LogP contribution in [0.25, 0.3) is 39.7 Å². The maximum Gasteiger partial charge on any atom is 0.433 e. The van der Waals surface area contributed by atoms with Crippen molar-refractivity contribution in [2.24, 2.45) is 0 Å². The van der Waals surface area contributed by atoms with Gasteiger partial charge in [0.1, 0.15) is 11.4 Å². The van der Waals surface area contributed by atoms with E-state index < -0.39 is 23.5 Å². The number of anilines is 1. The predicted octanol–water partition coefficient (Wildman–Crippen LogP) is 4.39. The van der Waals surface area contributed by atoms with Crippen LogP contribution >= 0.6 is 0 Å². The predicted molar refractivity (Wildman–Crippen MR) is 104 cm³/mol. The van der Waals surface area contributed by atoms with Gasteiger partial charge in [-0.25, -0.2) is 23.3 Å². The highest BCUT2D eigenvalue weighted by atomic mass is 19.4. The Morgan fingerprint density at radius 1 is 0.909 bits per heavy atom. The number of hydrogen-bond donors (Lipinski definition) is 1. The van der Waals surface area contributed by atoms with Crippen molar-refractivity contribution < 1.29 is 26.5 Å². The van der Waals surface area contributed by atoms with Crippen LogP contribution < -0.4 is 5.73 Å². The molecule has 4 aromatic heterocycles. The molecule has 13 heteroatoms. The first-order chi connectivity index (χ1) is 15.7. The normalized spacial score (nSPS) is 11.9. The maximum absolute atomic E-state index is 13.7. The number of pyridine rings is 1. The summed E-state index contributed by atoms with van der Waals surface area (Å²) in [4.78, 5) is 12.3. The second-order valence-electron chi connectivity index (χ2n) is 6.84. The van der Waals surface area contributed by atoms with Crippen LogP contribution in [0.4, 0.5) is 27.8 Å². The van der Waals surface area contributed by atoms with E-state index in [9.17, 15) is 22.0 Å². The monoisotopic (exact) mass is 459 g/mol. The van der Waals surface area contributed by atoms with Gasteiger partial charge in [-0.05, 0) is 36.4 Å². The quantitative estimate of drug-likeness (QED) is 0.399. The van der Waals surface area contributed by atoms with Crippen molar-refractivity contribution in [3.8, 4) is 34.1 Å². The molecule has 8 nitrogen and oxygen atoms in total. The second kappa shape index (κ2) is 7.32. The third-order valence-corrected chi connectivity index (χ3v) is 4.68. The van der Waals surface area contributed by atoms with E-state index in [2.05, 4.69) is 25.2 Å². The summed E-state index contributed by atoms with van der Waals surface area (Å²) in [5.74, 6) is -2.13. The van der Waals surface area contributed by atoms with Gasteiger partial charge in [-0.1, -0.05) is 5.16 Å². The summed E-state index contributed by atoms with van der Waals surface area (Å²) in [6.45, 7) is 0. The zero-order chi connectivity index (χ0) is 23.3. The van der Waals surface area contributed by atoms with Crippen LogP contribution in [0, 0.1) is 11.6 Å². The van der Waals surface area contributed by atoms with Gasteiger partial charge in [0.05, 0.1) is 11.9 Å². The Labute approximate surface area is 180 Å². The molecule has 0 atom stereocenters. The van der Waals surface area contributed by atoms with Crippen LogP contribution in [-0.2, 0) is 6.18 Å². The molecule has 0 unspecified atom stereocenters. The summed E-state index contributed by atoms with van der Waals surface area (Å²) in [6.07, 6.45) is -2.33. The lowest BCUT2D eigenvalue weighted by Gasteiger charge is -2.11. The van der Waals surface area contributed by atoms with Crippen molar-refractivity contribution in [1.82, 2.24) is 29.7 Å². The standard InChI is InChI=1S/C20H10F5N7O/c21-12-3-1-9(5-13(12)22)14-6-15(20(23,24)25)32-18(29-14)11(8-28-32)19-30-17(31-33-19)10-2-4-16(26)27-7-10/h1-8H,(H2,26,27). The fraction of sp³-hybridized carbons (Fsp3) is 0.0500. The van der Waals surface area contributed by atoms with E-state index in [1.165, 1.54) is 12.3 Å². The molecule has 4 heterocycles. The molecule has 5 aromatic rings. The minimum Gasteiger partial charge on any atom is -0.384 e. The van der Waals surface area contributed by atoms with Gasteiger partial charge in [-0.3, -0.25) is 0 Å². The van der Waals surface area contributed by atoms with Gasteiger partial charge in [0, 0.05) is 17.3 Å². The topological polar surface area (TPSA) is 108 Å². The molecule has 1 aromatic carbocycles. The molecule has 0 saturated heterocycles. The molecule has 2 N–H and O–H groups in total. The van der Waals surface area contributed by atoms with Crippen molar-refractivity contribution in [1.29, 1.82) is 0 Å². The molecule has 5 rings (SSSR count). The SMILES string of the molecule is Nc1ccc(-c2noc(-c3cnn4c(C(F)(F)F)cc(-c5ccc(F)c(F)c5)nc34)n2)cn1. The maximum atomic E-state index is 13.7. The number of nitrogen functional groups attached to an aromatic ring is 1. The fourth-order valence-corrected chi connectivity index (χ4v) is 3.11. The van der Waals surface area contributed by atoms with E-state index in [-0.39, 0.29) is 40.0 Å². The number of rotatable bonds is 3. The van der Waals surface area contributed by atoms with Gasteiger partial charge in [-0.2, -0.15) is 23.3 Å². The molecule has 0 spiro atoms. The molecular formula is C20H10F5N7O. The Morgan fingerprint density at radius 3 is 2.39 bits per heavy atom. The van der Waals surface area contributed by atoms with Gasteiger partial charge in [0.2, 0.25) is 5.82 Å². The number of nitrogens with zero attached hydrogens (tertiary/aromatic N) is 6. The van der Waals surface area contributed by atoms with E-state index in [0.29, 0.717) is 16.1 Å². The Balaban J connectivity index is 1.68. The third kappa shape index (κ3) is 3.62. The third-order valence-electron chi connectivity index (χ3n) is 4.68. The lowest BCUT2D eigenvalue weighted by Crippen LogP contribution is -2.13. The van der Waals surface area contributed by atoms with Crippen LogP contribution in [0.15, 0.2) is 53.3 Å². The highest BCUT2D eigenvalue weighted by Gasteiger charge is 2.36.